The van der Waals surface area contributed by atoms with Crippen molar-refractivity contribution < 1.29 is 4.74 Å². The van der Waals surface area contributed by atoms with Crippen LogP contribution >= 0.6 is 11.8 Å². The Morgan fingerprint density at radius 1 is 1.24 bits per heavy atom. The van der Waals surface area contributed by atoms with Crippen molar-refractivity contribution in [2.24, 2.45) is 4.99 Å². The zero-order chi connectivity index (χ0) is 15.3. The van der Waals surface area contributed by atoms with E-state index in [4.69, 9.17) is 4.74 Å². The molecule has 0 aromatic heterocycles. The van der Waals surface area contributed by atoms with Crippen molar-refractivity contribution >= 4 is 17.7 Å². The van der Waals surface area contributed by atoms with Gasteiger partial charge in [-0.25, -0.2) is 0 Å². The maximum Gasteiger partial charge on any atom is 0.191 e. The monoisotopic (exact) mass is 309 g/mol. The number of guanidine groups is 1. The first-order valence-corrected chi connectivity index (χ1v) is 8.86. The number of ether oxygens (including phenoxy) is 1. The lowest BCUT2D eigenvalue weighted by molar-refractivity contribution is 0.313. The van der Waals surface area contributed by atoms with E-state index in [1.165, 1.54) is 5.56 Å². The van der Waals surface area contributed by atoms with Gasteiger partial charge in [0.2, 0.25) is 0 Å². The van der Waals surface area contributed by atoms with Crippen LogP contribution in [0.15, 0.2) is 29.3 Å². The van der Waals surface area contributed by atoms with Crippen molar-refractivity contribution in [2.45, 2.75) is 20.3 Å². The summed E-state index contributed by atoms with van der Waals surface area (Å²) in [5.41, 5.74) is 1.25. The van der Waals surface area contributed by atoms with E-state index < -0.39 is 0 Å². The van der Waals surface area contributed by atoms with Gasteiger partial charge >= 0.3 is 0 Å². The Bertz CT molecular complexity index is 406. The van der Waals surface area contributed by atoms with E-state index in [0.717, 1.165) is 43.5 Å². The Kier molecular flexibility index (Phi) is 9.53. The molecule has 0 atom stereocenters. The normalized spacial score (nSPS) is 11.3. The molecule has 0 heterocycles. The van der Waals surface area contributed by atoms with Crippen LogP contribution in [-0.2, 0) is 0 Å². The second-order valence-corrected chi connectivity index (χ2v) is 5.68. The van der Waals surface area contributed by atoms with Gasteiger partial charge in [-0.3, -0.25) is 4.99 Å². The number of hydrogen-bond donors (Lipinski definition) is 2. The van der Waals surface area contributed by atoms with Crippen LogP contribution in [0.2, 0.25) is 0 Å². The minimum absolute atomic E-state index is 0.691. The molecular formula is C16H27N3OS. The Morgan fingerprint density at radius 3 is 2.67 bits per heavy atom. The lowest BCUT2D eigenvalue weighted by atomic mass is 10.2. The highest BCUT2D eigenvalue weighted by atomic mass is 32.2. The SMILES string of the molecule is CCNC(=NCCCOc1ccc(C)cc1)NCCSC. The number of nitrogens with zero attached hydrogens (tertiary/aromatic N) is 1. The highest BCUT2D eigenvalue weighted by Gasteiger charge is 1.96. The van der Waals surface area contributed by atoms with Gasteiger partial charge in [0.15, 0.2) is 5.96 Å². The number of hydrogen-bond acceptors (Lipinski definition) is 3. The predicted octanol–water partition coefficient (Wildman–Crippen LogP) is 2.68. The lowest BCUT2D eigenvalue weighted by Gasteiger charge is -2.10. The molecule has 1 rings (SSSR count). The van der Waals surface area contributed by atoms with Crippen molar-refractivity contribution in [3.05, 3.63) is 29.8 Å². The highest BCUT2D eigenvalue weighted by Crippen LogP contribution is 2.11. The van der Waals surface area contributed by atoms with E-state index in [-0.39, 0.29) is 0 Å². The molecule has 118 valence electrons. The maximum atomic E-state index is 5.69. The fourth-order valence-corrected chi connectivity index (χ4v) is 2.00. The van der Waals surface area contributed by atoms with Crippen LogP contribution in [0.5, 0.6) is 5.75 Å². The van der Waals surface area contributed by atoms with Crippen LogP contribution in [0.4, 0.5) is 0 Å². The molecule has 5 heteroatoms. The largest absolute Gasteiger partial charge is 0.494 e. The van der Waals surface area contributed by atoms with Gasteiger partial charge in [-0.2, -0.15) is 11.8 Å². The second-order valence-electron chi connectivity index (χ2n) is 4.70. The smallest absolute Gasteiger partial charge is 0.191 e. The fraction of sp³-hybridized carbons (Fsp3) is 0.562. The number of rotatable bonds is 9. The van der Waals surface area contributed by atoms with E-state index in [1.807, 2.05) is 23.9 Å². The summed E-state index contributed by atoms with van der Waals surface area (Å²) in [6.45, 7) is 7.42. The Hall–Kier alpha value is -1.36. The van der Waals surface area contributed by atoms with Crippen LogP contribution < -0.4 is 15.4 Å². The molecule has 0 bridgehead atoms. The van der Waals surface area contributed by atoms with E-state index in [1.54, 1.807) is 0 Å². The molecule has 0 unspecified atom stereocenters. The van der Waals surface area contributed by atoms with Crippen molar-refractivity contribution in [1.29, 1.82) is 0 Å². The minimum Gasteiger partial charge on any atom is -0.494 e. The summed E-state index contributed by atoms with van der Waals surface area (Å²) >= 11 is 1.83. The predicted molar refractivity (Wildman–Crippen MR) is 93.7 cm³/mol. The Labute approximate surface area is 132 Å². The fourth-order valence-electron chi connectivity index (χ4n) is 1.69. The van der Waals surface area contributed by atoms with E-state index in [0.29, 0.717) is 6.61 Å². The third-order valence-corrected chi connectivity index (χ3v) is 3.42. The van der Waals surface area contributed by atoms with Crippen molar-refractivity contribution in [1.82, 2.24) is 10.6 Å². The molecule has 4 nitrogen and oxygen atoms in total. The molecule has 0 amide bonds. The summed E-state index contributed by atoms with van der Waals surface area (Å²) in [4.78, 5) is 4.54. The average molecular weight is 309 g/mol. The second kappa shape index (κ2) is 11.3. The van der Waals surface area contributed by atoms with E-state index in [9.17, 15) is 0 Å². The lowest BCUT2D eigenvalue weighted by Crippen LogP contribution is -2.38. The Balaban J connectivity index is 2.22. The van der Waals surface area contributed by atoms with Crippen LogP contribution in [-0.4, -0.2) is 44.2 Å². The summed E-state index contributed by atoms with van der Waals surface area (Å²) in [7, 11) is 0. The summed E-state index contributed by atoms with van der Waals surface area (Å²) in [6.07, 6.45) is 3.02. The summed E-state index contributed by atoms with van der Waals surface area (Å²) in [5.74, 6) is 2.90. The molecule has 0 aliphatic rings. The average Bonchev–Trinajstić information content (AvgIpc) is 2.49. The number of aryl methyl sites for hydroxylation is 1. The summed E-state index contributed by atoms with van der Waals surface area (Å²) in [6, 6.07) is 8.14. The molecule has 0 saturated carbocycles. The molecule has 2 N–H and O–H groups in total. The third-order valence-electron chi connectivity index (χ3n) is 2.80. The van der Waals surface area contributed by atoms with Gasteiger partial charge in [0, 0.05) is 31.8 Å². The summed E-state index contributed by atoms with van der Waals surface area (Å²) in [5, 5.41) is 6.56. The molecule has 0 saturated heterocycles. The van der Waals surface area contributed by atoms with Crippen LogP contribution in [0.3, 0.4) is 0 Å². The highest BCUT2D eigenvalue weighted by molar-refractivity contribution is 7.98. The number of thioether (sulfide) groups is 1. The molecule has 0 spiro atoms. The van der Waals surface area contributed by atoms with Gasteiger partial charge in [0.25, 0.3) is 0 Å². The molecule has 0 aliphatic carbocycles. The Morgan fingerprint density at radius 2 is 2.00 bits per heavy atom. The van der Waals surface area contributed by atoms with Crippen molar-refractivity contribution in [3.8, 4) is 5.75 Å². The van der Waals surface area contributed by atoms with Gasteiger partial charge in [-0.05, 0) is 32.2 Å². The van der Waals surface area contributed by atoms with Gasteiger partial charge in [0.1, 0.15) is 5.75 Å². The van der Waals surface area contributed by atoms with Crippen LogP contribution in [0.1, 0.15) is 18.9 Å². The number of aliphatic imine (C=N–C) groups is 1. The number of nitrogens with one attached hydrogen (secondary N) is 2. The topological polar surface area (TPSA) is 45.7 Å². The summed E-state index contributed by atoms with van der Waals surface area (Å²) < 4.78 is 5.69. The molecule has 0 aliphatic heterocycles. The van der Waals surface area contributed by atoms with E-state index in [2.05, 4.69) is 47.9 Å². The maximum absolute atomic E-state index is 5.69. The van der Waals surface area contributed by atoms with Crippen LogP contribution in [0, 0.1) is 6.92 Å². The van der Waals surface area contributed by atoms with E-state index >= 15 is 0 Å². The minimum atomic E-state index is 0.691. The molecule has 0 radical (unpaired) electrons. The standard InChI is InChI=1S/C16H27N3OS/c1-4-17-16(19-11-13-21-3)18-10-5-12-20-15-8-6-14(2)7-9-15/h6-9H,4-5,10-13H2,1-3H3,(H2,17,18,19). The number of benzene rings is 1. The zero-order valence-corrected chi connectivity index (χ0v) is 14.1. The van der Waals surface area contributed by atoms with Crippen molar-refractivity contribution in [2.75, 3.05) is 38.2 Å². The first-order valence-electron chi connectivity index (χ1n) is 7.47. The first-order chi connectivity index (χ1) is 10.3. The van der Waals surface area contributed by atoms with Gasteiger partial charge < -0.3 is 15.4 Å². The quantitative estimate of drug-likeness (QED) is 0.418. The van der Waals surface area contributed by atoms with Crippen LogP contribution in [0.25, 0.3) is 0 Å². The van der Waals surface area contributed by atoms with Gasteiger partial charge in [-0.1, -0.05) is 17.7 Å². The van der Waals surface area contributed by atoms with Crippen molar-refractivity contribution in [3.63, 3.8) is 0 Å². The molecule has 1 aromatic rings. The van der Waals surface area contributed by atoms with Gasteiger partial charge in [-0.15, -0.1) is 0 Å². The van der Waals surface area contributed by atoms with Gasteiger partial charge in [0.05, 0.1) is 6.61 Å². The first kappa shape index (κ1) is 17.7. The molecule has 0 fully saturated rings. The third kappa shape index (κ3) is 8.50. The molecule has 1 aromatic carbocycles. The molecule has 21 heavy (non-hydrogen) atoms. The zero-order valence-electron chi connectivity index (χ0n) is 13.3. The molecular weight excluding hydrogens is 282 g/mol.